The van der Waals surface area contributed by atoms with Gasteiger partial charge in [-0.15, -0.1) is 0 Å². The lowest BCUT2D eigenvalue weighted by Gasteiger charge is -2.21. The van der Waals surface area contributed by atoms with Crippen LogP contribution in [0.25, 0.3) is 0 Å². The third-order valence-electron chi connectivity index (χ3n) is 3.63. The van der Waals surface area contributed by atoms with Gasteiger partial charge in [-0.2, -0.15) is 0 Å². The predicted molar refractivity (Wildman–Crippen MR) is 73.8 cm³/mol. The summed E-state index contributed by atoms with van der Waals surface area (Å²) in [7, 11) is 1.63. The van der Waals surface area contributed by atoms with Crippen LogP contribution in [0.3, 0.4) is 0 Å². The number of amides is 1. The number of hydrogen-bond donors (Lipinski definition) is 2. The van der Waals surface area contributed by atoms with Crippen molar-refractivity contribution in [2.45, 2.75) is 12.8 Å². The first kappa shape index (κ1) is 14.2. The van der Waals surface area contributed by atoms with E-state index in [1.807, 2.05) is 18.2 Å². The predicted octanol–water partition coefficient (Wildman–Crippen LogP) is 0.634. The topological polar surface area (TPSA) is 92.9 Å². The van der Waals surface area contributed by atoms with Crippen LogP contribution in [-0.2, 0) is 16.0 Å². The number of nitrogens with two attached hydrogens (primary N) is 1. The van der Waals surface area contributed by atoms with E-state index in [1.165, 1.54) is 0 Å². The Morgan fingerprint density at radius 3 is 2.85 bits per heavy atom. The number of rotatable bonds is 6. The van der Waals surface area contributed by atoms with E-state index in [-0.39, 0.29) is 6.42 Å². The number of benzene rings is 1. The van der Waals surface area contributed by atoms with E-state index in [9.17, 15) is 9.59 Å². The molecule has 0 fully saturated rings. The van der Waals surface area contributed by atoms with Gasteiger partial charge in [0, 0.05) is 24.3 Å². The zero-order valence-corrected chi connectivity index (χ0v) is 11.3. The first-order chi connectivity index (χ1) is 9.54. The van der Waals surface area contributed by atoms with Crippen molar-refractivity contribution >= 4 is 17.6 Å². The van der Waals surface area contributed by atoms with Crippen molar-refractivity contribution in [2.75, 3.05) is 25.1 Å². The quantitative estimate of drug-likeness (QED) is 0.745. The highest BCUT2D eigenvalue weighted by Gasteiger charge is 2.27. The first-order valence-electron chi connectivity index (χ1n) is 6.47. The summed E-state index contributed by atoms with van der Waals surface area (Å²) in [5.41, 5.74) is 7.27. The van der Waals surface area contributed by atoms with Crippen LogP contribution in [0, 0.1) is 5.92 Å². The minimum atomic E-state index is -1.16. The Morgan fingerprint density at radius 1 is 1.50 bits per heavy atom. The second kappa shape index (κ2) is 5.81. The molecule has 0 aromatic heterocycles. The summed E-state index contributed by atoms with van der Waals surface area (Å²) >= 11 is 0. The van der Waals surface area contributed by atoms with Crippen molar-refractivity contribution in [3.63, 3.8) is 0 Å². The Morgan fingerprint density at radius 2 is 2.25 bits per heavy atom. The van der Waals surface area contributed by atoms with Crippen molar-refractivity contribution in [3.05, 3.63) is 23.8 Å². The average molecular weight is 278 g/mol. The number of carbonyl (C=O) groups excluding carboxylic acids is 1. The van der Waals surface area contributed by atoms with Gasteiger partial charge in [0.1, 0.15) is 11.7 Å². The number of carboxylic acid groups (broad SMARTS) is 1. The summed E-state index contributed by atoms with van der Waals surface area (Å²) in [6.45, 7) is 1.28. The maximum Gasteiger partial charge on any atom is 0.316 e. The highest BCUT2D eigenvalue weighted by molar-refractivity contribution is 5.96. The molecule has 6 heteroatoms. The monoisotopic (exact) mass is 278 g/mol. The number of methoxy groups -OCH3 is 1. The van der Waals surface area contributed by atoms with Crippen molar-refractivity contribution < 1.29 is 19.4 Å². The molecule has 1 heterocycles. The van der Waals surface area contributed by atoms with E-state index in [0.717, 1.165) is 30.0 Å². The van der Waals surface area contributed by atoms with Gasteiger partial charge >= 0.3 is 5.97 Å². The number of carbonyl (C=O) groups is 2. The number of aliphatic carboxylic acids is 1. The largest absolute Gasteiger partial charge is 0.496 e. The lowest BCUT2D eigenvalue weighted by atomic mass is 10.1. The molecule has 1 aliphatic rings. The van der Waals surface area contributed by atoms with Crippen molar-refractivity contribution in [2.24, 2.45) is 11.7 Å². The Kier molecular flexibility index (Phi) is 4.12. The third kappa shape index (κ3) is 2.68. The third-order valence-corrected chi connectivity index (χ3v) is 3.63. The minimum absolute atomic E-state index is 0.210. The van der Waals surface area contributed by atoms with Crippen LogP contribution in [0.4, 0.5) is 5.69 Å². The molecule has 1 amide bonds. The molecule has 1 atom stereocenters. The fourth-order valence-corrected chi connectivity index (χ4v) is 2.56. The van der Waals surface area contributed by atoms with E-state index >= 15 is 0 Å². The summed E-state index contributed by atoms with van der Waals surface area (Å²) in [4.78, 5) is 24.1. The SMILES string of the molecule is COc1cccc2c1CCN2CCC(C(N)=O)C(=O)O. The normalized spacial score (nSPS) is 14.8. The van der Waals surface area contributed by atoms with E-state index in [2.05, 4.69) is 4.90 Å². The van der Waals surface area contributed by atoms with Crippen LogP contribution < -0.4 is 15.4 Å². The molecule has 1 aromatic rings. The second-order valence-electron chi connectivity index (χ2n) is 4.78. The molecule has 0 bridgehead atoms. The summed E-state index contributed by atoms with van der Waals surface area (Å²) in [5.74, 6) is -2.25. The lowest BCUT2D eigenvalue weighted by molar-refractivity contribution is -0.146. The summed E-state index contributed by atoms with van der Waals surface area (Å²) in [6, 6.07) is 5.79. The van der Waals surface area contributed by atoms with Crippen molar-refractivity contribution in [1.82, 2.24) is 0 Å². The van der Waals surface area contributed by atoms with E-state index in [0.29, 0.717) is 6.54 Å². The van der Waals surface area contributed by atoms with Crippen LogP contribution >= 0.6 is 0 Å². The number of anilines is 1. The van der Waals surface area contributed by atoms with E-state index < -0.39 is 17.8 Å². The minimum Gasteiger partial charge on any atom is -0.496 e. The highest BCUT2D eigenvalue weighted by atomic mass is 16.5. The molecule has 108 valence electrons. The average Bonchev–Trinajstić information content (AvgIpc) is 2.81. The molecule has 6 nitrogen and oxygen atoms in total. The maximum atomic E-state index is 11.1. The van der Waals surface area contributed by atoms with Crippen molar-refractivity contribution in [1.29, 1.82) is 0 Å². The molecule has 20 heavy (non-hydrogen) atoms. The Balaban J connectivity index is 2.08. The Bertz CT molecular complexity index is 516. The molecule has 0 saturated carbocycles. The number of carboxylic acids is 1. The number of hydrogen-bond acceptors (Lipinski definition) is 4. The fraction of sp³-hybridized carbons (Fsp3) is 0.429. The molecular weight excluding hydrogens is 260 g/mol. The van der Waals surface area contributed by atoms with Crippen LogP contribution in [0.15, 0.2) is 18.2 Å². The molecule has 1 aromatic carbocycles. The van der Waals surface area contributed by atoms with Gasteiger partial charge < -0.3 is 20.5 Å². The summed E-state index contributed by atoms with van der Waals surface area (Å²) in [5, 5.41) is 8.96. The molecule has 2 rings (SSSR count). The fourth-order valence-electron chi connectivity index (χ4n) is 2.56. The number of ether oxygens (including phenoxy) is 1. The van der Waals surface area contributed by atoms with Gasteiger partial charge in [0.15, 0.2) is 0 Å². The van der Waals surface area contributed by atoms with Gasteiger partial charge in [0.05, 0.1) is 7.11 Å². The molecular formula is C14H18N2O4. The summed E-state index contributed by atoms with van der Waals surface area (Å²) in [6.07, 6.45) is 1.06. The Labute approximate surface area is 117 Å². The van der Waals surface area contributed by atoms with Gasteiger partial charge in [0.25, 0.3) is 0 Å². The van der Waals surface area contributed by atoms with Crippen LogP contribution in [0.2, 0.25) is 0 Å². The summed E-state index contributed by atoms with van der Waals surface area (Å²) < 4.78 is 5.31. The van der Waals surface area contributed by atoms with E-state index in [1.54, 1.807) is 7.11 Å². The second-order valence-corrected chi connectivity index (χ2v) is 4.78. The van der Waals surface area contributed by atoms with Gasteiger partial charge in [-0.1, -0.05) is 6.07 Å². The molecule has 1 aliphatic heterocycles. The molecule has 0 radical (unpaired) electrons. The molecule has 0 saturated heterocycles. The van der Waals surface area contributed by atoms with Crippen LogP contribution in [0.5, 0.6) is 5.75 Å². The molecule has 3 N–H and O–H groups in total. The molecule has 0 aliphatic carbocycles. The van der Waals surface area contributed by atoms with Crippen LogP contribution in [0.1, 0.15) is 12.0 Å². The highest BCUT2D eigenvalue weighted by Crippen LogP contribution is 2.35. The number of nitrogens with zero attached hydrogens (tertiary/aromatic N) is 1. The zero-order valence-electron chi connectivity index (χ0n) is 11.3. The molecule has 0 spiro atoms. The smallest absolute Gasteiger partial charge is 0.316 e. The van der Waals surface area contributed by atoms with E-state index in [4.69, 9.17) is 15.6 Å². The Hall–Kier alpha value is -2.24. The van der Waals surface area contributed by atoms with Gasteiger partial charge in [-0.05, 0) is 25.0 Å². The molecule has 1 unspecified atom stereocenters. The zero-order chi connectivity index (χ0) is 14.7. The maximum absolute atomic E-state index is 11.1. The van der Waals surface area contributed by atoms with Crippen molar-refractivity contribution in [3.8, 4) is 5.75 Å². The number of primary amides is 1. The lowest BCUT2D eigenvalue weighted by Crippen LogP contribution is -2.34. The number of fused-ring (bicyclic) bond motifs is 1. The van der Waals surface area contributed by atoms with Gasteiger partial charge in [0.2, 0.25) is 5.91 Å². The first-order valence-corrected chi connectivity index (χ1v) is 6.47. The van der Waals surface area contributed by atoms with Gasteiger partial charge in [-0.25, -0.2) is 0 Å². The van der Waals surface area contributed by atoms with Crippen LogP contribution in [-0.4, -0.2) is 37.2 Å². The standard InChI is InChI=1S/C14H18N2O4/c1-20-12-4-2-3-11-9(12)5-7-16(11)8-6-10(13(15)17)14(18)19/h2-4,10H,5-8H2,1H3,(H2,15,17)(H,18,19). The van der Waals surface area contributed by atoms with Gasteiger partial charge in [-0.3, -0.25) is 9.59 Å².